The van der Waals surface area contributed by atoms with Gasteiger partial charge in [-0.15, -0.1) is 0 Å². The number of rotatable bonds is 4. The molecule has 0 saturated carbocycles. The van der Waals surface area contributed by atoms with Crippen LogP contribution in [0.1, 0.15) is 16.8 Å². The molecule has 2 aromatic rings. The second-order valence-corrected chi connectivity index (χ2v) is 4.69. The lowest BCUT2D eigenvalue weighted by Crippen LogP contribution is -2.05. The first-order valence-corrected chi connectivity index (χ1v) is 6.42. The first-order valence-electron chi connectivity index (χ1n) is 5.63. The third-order valence-electron chi connectivity index (χ3n) is 2.71. The molecule has 0 amide bonds. The Morgan fingerprint density at radius 2 is 2.32 bits per heavy atom. The van der Waals surface area contributed by atoms with Crippen molar-refractivity contribution in [2.45, 2.75) is 13.0 Å². The molecule has 1 N–H and O–H groups in total. The molecule has 7 heteroatoms. The third-order valence-corrected chi connectivity index (χ3v) is 3.27. The maximum atomic E-state index is 14.0. The van der Waals surface area contributed by atoms with E-state index in [-0.39, 0.29) is 12.2 Å². The second-order valence-electron chi connectivity index (χ2n) is 3.93. The molecule has 0 unspecified atom stereocenters. The van der Waals surface area contributed by atoms with Crippen molar-refractivity contribution in [3.63, 3.8) is 0 Å². The van der Waals surface area contributed by atoms with E-state index < -0.39 is 11.8 Å². The van der Waals surface area contributed by atoms with Crippen molar-refractivity contribution in [2.24, 2.45) is 0 Å². The van der Waals surface area contributed by atoms with Gasteiger partial charge >= 0.3 is 5.97 Å². The number of hydrogen-bond donors (Lipinski definition) is 1. The molecule has 19 heavy (non-hydrogen) atoms. The first-order chi connectivity index (χ1) is 9.08. The number of benzene rings is 1. The van der Waals surface area contributed by atoms with Gasteiger partial charge in [0, 0.05) is 13.2 Å². The number of methoxy groups -OCH3 is 1. The fraction of sp³-hybridized carbons (Fsp3) is 0.333. The van der Waals surface area contributed by atoms with Crippen LogP contribution in [-0.2, 0) is 11.3 Å². The maximum Gasteiger partial charge on any atom is 0.338 e. The number of ether oxygens (including phenoxy) is 1. The molecule has 0 saturated heterocycles. The summed E-state index contributed by atoms with van der Waals surface area (Å²) < 4.78 is 20.5. The molecule has 0 spiro atoms. The lowest BCUT2D eigenvalue weighted by Gasteiger charge is -2.04. The molecule has 1 aromatic heterocycles. The summed E-state index contributed by atoms with van der Waals surface area (Å²) in [6, 6.07) is 2.65. The van der Waals surface area contributed by atoms with E-state index in [1.54, 1.807) is 4.68 Å². The topological polar surface area (TPSA) is 64.3 Å². The van der Waals surface area contributed by atoms with Crippen LogP contribution in [0.5, 0.6) is 0 Å². The average molecular weight is 331 g/mol. The highest BCUT2D eigenvalue weighted by atomic mass is 79.9. The Bertz CT molecular complexity index is 627. The van der Waals surface area contributed by atoms with Crippen LogP contribution >= 0.6 is 15.9 Å². The van der Waals surface area contributed by atoms with Gasteiger partial charge in [0.25, 0.3) is 0 Å². The molecule has 5 nitrogen and oxygen atoms in total. The Kier molecular flexibility index (Phi) is 4.16. The van der Waals surface area contributed by atoms with Crippen molar-refractivity contribution in [1.29, 1.82) is 0 Å². The summed E-state index contributed by atoms with van der Waals surface area (Å²) in [5.74, 6) is -1.15. The number of aromatic nitrogens is 2. The first kappa shape index (κ1) is 14.0. The summed E-state index contributed by atoms with van der Waals surface area (Å²) >= 11 is 3.19. The van der Waals surface area contributed by atoms with Crippen LogP contribution in [0.3, 0.4) is 0 Å². The minimum absolute atomic E-state index is 0.0121. The van der Waals surface area contributed by atoms with Crippen molar-refractivity contribution in [3.05, 3.63) is 28.1 Å². The minimum Gasteiger partial charge on any atom is -0.465 e. The van der Waals surface area contributed by atoms with E-state index >= 15 is 0 Å². The summed E-state index contributed by atoms with van der Waals surface area (Å²) in [5, 5.41) is 13.3. The quantitative estimate of drug-likeness (QED) is 0.872. The Hall–Kier alpha value is -1.47. The third kappa shape index (κ3) is 2.62. The molecule has 0 bridgehead atoms. The van der Waals surface area contributed by atoms with Crippen LogP contribution in [0.2, 0.25) is 0 Å². The van der Waals surface area contributed by atoms with Crippen molar-refractivity contribution in [1.82, 2.24) is 9.78 Å². The summed E-state index contributed by atoms with van der Waals surface area (Å²) in [6.07, 6.45) is 0.493. The van der Waals surface area contributed by atoms with E-state index in [1.807, 2.05) is 0 Å². The van der Waals surface area contributed by atoms with Gasteiger partial charge in [-0.25, -0.2) is 9.18 Å². The van der Waals surface area contributed by atoms with Crippen LogP contribution in [0.25, 0.3) is 10.9 Å². The monoisotopic (exact) mass is 330 g/mol. The molecule has 0 fully saturated rings. The lowest BCUT2D eigenvalue weighted by molar-refractivity contribution is 0.0600. The second kappa shape index (κ2) is 5.66. The molecule has 2 rings (SSSR count). The summed E-state index contributed by atoms with van der Waals surface area (Å²) in [6.45, 7) is 0.445. The predicted molar refractivity (Wildman–Crippen MR) is 70.4 cm³/mol. The largest absolute Gasteiger partial charge is 0.465 e. The van der Waals surface area contributed by atoms with Gasteiger partial charge in [0.05, 0.1) is 23.6 Å². The molecule has 1 aromatic carbocycles. The van der Waals surface area contributed by atoms with Gasteiger partial charge in [0.2, 0.25) is 0 Å². The number of carbonyl (C=O) groups excluding carboxylic acids is 1. The lowest BCUT2D eigenvalue weighted by atomic mass is 10.1. The van der Waals surface area contributed by atoms with Gasteiger partial charge in [0.1, 0.15) is 10.4 Å². The van der Waals surface area contributed by atoms with Crippen LogP contribution in [0.15, 0.2) is 16.7 Å². The number of fused-ring (bicyclic) bond motifs is 1. The minimum atomic E-state index is -0.605. The summed E-state index contributed by atoms with van der Waals surface area (Å²) in [7, 11) is 1.24. The smallest absolute Gasteiger partial charge is 0.338 e. The van der Waals surface area contributed by atoms with Crippen molar-refractivity contribution < 1.29 is 19.0 Å². The van der Waals surface area contributed by atoms with Crippen molar-refractivity contribution >= 4 is 32.8 Å². The van der Waals surface area contributed by atoms with Crippen molar-refractivity contribution in [3.8, 4) is 0 Å². The van der Waals surface area contributed by atoms with E-state index in [0.29, 0.717) is 28.5 Å². The zero-order valence-corrected chi connectivity index (χ0v) is 11.8. The zero-order valence-electron chi connectivity index (χ0n) is 10.2. The number of carbonyl (C=O) groups is 1. The maximum absolute atomic E-state index is 14.0. The number of halogens is 2. The van der Waals surface area contributed by atoms with Crippen LogP contribution < -0.4 is 0 Å². The van der Waals surface area contributed by atoms with E-state index in [4.69, 9.17) is 5.11 Å². The number of aliphatic hydroxyl groups is 1. The molecule has 1 heterocycles. The van der Waals surface area contributed by atoms with Gasteiger partial charge < -0.3 is 9.84 Å². The summed E-state index contributed by atoms with van der Waals surface area (Å²) in [4.78, 5) is 11.5. The standard InChI is InChI=1S/C12H12BrFN2O3/c1-19-12(18)7-5-8(14)10-9(6-7)16(3-2-4-17)15-11(10)13/h5-6,17H,2-4H2,1H3. The van der Waals surface area contributed by atoms with Gasteiger partial charge in [-0.1, -0.05) is 0 Å². The molecule has 0 aliphatic carbocycles. The number of nitrogens with zero attached hydrogens (tertiary/aromatic N) is 2. The van der Waals surface area contributed by atoms with Gasteiger partial charge in [-0.05, 0) is 34.5 Å². The van der Waals surface area contributed by atoms with Crippen LogP contribution in [-0.4, -0.2) is 34.6 Å². The van der Waals surface area contributed by atoms with Crippen molar-refractivity contribution in [2.75, 3.05) is 13.7 Å². The highest BCUT2D eigenvalue weighted by Crippen LogP contribution is 2.28. The van der Waals surface area contributed by atoms with Gasteiger partial charge in [-0.3, -0.25) is 4.68 Å². The van der Waals surface area contributed by atoms with E-state index in [1.165, 1.54) is 13.2 Å². The average Bonchev–Trinajstić information content (AvgIpc) is 2.72. The Balaban J connectivity index is 2.59. The molecule has 0 aliphatic rings. The Morgan fingerprint density at radius 1 is 1.58 bits per heavy atom. The molecule has 0 radical (unpaired) electrons. The fourth-order valence-corrected chi connectivity index (χ4v) is 2.42. The Labute approximate surface area is 117 Å². The van der Waals surface area contributed by atoms with Crippen LogP contribution in [0, 0.1) is 5.82 Å². The highest BCUT2D eigenvalue weighted by molar-refractivity contribution is 9.10. The number of aryl methyl sites for hydroxylation is 1. The van der Waals surface area contributed by atoms with E-state index in [2.05, 4.69) is 25.8 Å². The van der Waals surface area contributed by atoms with Gasteiger partial charge in [-0.2, -0.15) is 5.10 Å². The predicted octanol–water partition coefficient (Wildman–Crippen LogP) is 2.11. The van der Waals surface area contributed by atoms with Gasteiger partial charge in [0.15, 0.2) is 0 Å². The number of hydrogen-bond acceptors (Lipinski definition) is 4. The normalized spacial score (nSPS) is 10.9. The zero-order chi connectivity index (χ0) is 14.0. The van der Waals surface area contributed by atoms with E-state index in [9.17, 15) is 9.18 Å². The van der Waals surface area contributed by atoms with E-state index in [0.717, 1.165) is 6.07 Å². The highest BCUT2D eigenvalue weighted by Gasteiger charge is 2.17. The number of esters is 1. The molecular weight excluding hydrogens is 319 g/mol. The molecule has 0 aliphatic heterocycles. The molecule has 102 valence electrons. The van der Waals surface area contributed by atoms with Crippen LogP contribution in [0.4, 0.5) is 4.39 Å². The fourth-order valence-electron chi connectivity index (χ4n) is 1.84. The summed E-state index contributed by atoms with van der Waals surface area (Å²) in [5.41, 5.74) is 0.617. The number of aliphatic hydroxyl groups excluding tert-OH is 1. The SMILES string of the molecule is COC(=O)c1cc(F)c2c(Br)nn(CCCO)c2c1. The Morgan fingerprint density at radius 3 is 2.95 bits per heavy atom. The molecular formula is C12H12BrFN2O3. The molecule has 0 atom stereocenters.